The Morgan fingerprint density at radius 1 is 1.26 bits per heavy atom. The molecule has 2 atom stereocenters. The molecule has 0 aromatic heterocycles. The van der Waals surface area contributed by atoms with Gasteiger partial charge in [0, 0.05) is 19.1 Å². The molecule has 4 heteroatoms. The van der Waals surface area contributed by atoms with Crippen LogP contribution in [0.5, 0.6) is 0 Å². The summed E-state index contributed by atoms with van der Waals surface area (Å²) in [5.74, 6) is 0.425. The summed E-state index contributed by atoms with van der Waals surface area (Å²) in [4.78, 5) is 2.22. The minimum absolute atomic E-state index is 0.152. The highest BCUT2D eigenvalue weighted by Crippen LogP contribution is 2.26. The number of nitrogens with one attached hydrogen (secondary N) is 1. The predicted molar refractivity (Wildman–Crippen MR) is 73.8 cm³/mol. The molecule has 0 aliphatic carbocycles. The summed E-state index contributed by atoms with van der Waals surface area (Å²) >= 11 is 0. The number of benzene rings is 1. The highest BCUT2D eigenvalue weighted by Gasteiger charge is 2.26. The van der Waals surface area contributed by atoms with E-state index in [2.05, 4.69) is 48.5 Å². The van der Waals surface area contributed by atoms with Crippen LogP contribution in [0.4, 0.5) is 8.78 Å². The van der Waals surface area contributed by atoms with Gasteiger partial charge in [0.05, 0.1) is 6.54 Å². The van der Waals surface area contributed by atoms with E-state index < -0.39 is 6.43 Å². The summed E-state index contributed by atoms with van der Waals surface area (Å²) in [5.41, 5.74) is 2.56. The van der Waals surface area contributed by atoms with Crippen LogP contribution in [0.2, 0.25) is 0 Å². The minimum Gasteiger partial charge on any atom is -0.307 e. The van der Waals surface area contributed by atoms with Gasteiger partial charge in [0.25, 0.3) is 6.43 Å². The molecule has 106 valence electrons. The van der Waals surface area contributed by atoms with E-state index in [0.717, 1.165) is 19.5 Å². The van der Waals surface area contributed by atoms with Gasteiger partial charge in [-0.1, -0.05) is 29.8 Å². The average molecular weight is 268 g/mol. The largest absolute Gasteiger partial charge is 0.307 e. The third-order valence-electron chi connectivity index (χ3n) is 3.74. The molecule has 1 aromatic rings. The van der Waals surface area contributed by atoms with Gasteiger partial charge >= 0.3 is 0 Å². The SMILES string of the molecule is Cc1ccc(C2CC(NCC(F)F)CN(C)C2)cc1. The Morgan fingerprint density at radius 2 is 1.95 bits per heavy atom. The zero-order valence-electron chi connectivity index (χ0n) is 11.6. The van der Waals surface area contributed by atoms with Crippen LogP contribution in [0.25, 0.3) is 0 Å². The molecule has 2 rings (SSSR count). The van der Waals surface area contributed by atoms with Gasteiger partial charge in [-0.15, -0.1) is 0 Å². The lowest BCUT2D eigenvalue weighted by Gasteiger charge is -2.36. The summed E-state index contributed by atoms with van der Waals surface area (Å²) < 4.78 is 24.6. The molecule has 0 bridgehead atoms. The molecule has 1 fully saturated rings. The number of likely N-dealkylation sites (tertiary alicyclic amines) is 1. The lowest BCUT2D eigenvalue weighted by molar-refractivity contribution is 0.127. The number of halogens is 2. The van der Waals surface area contributed by atoms with E-state index in [0.29, 0.717) is 5.92 Å². The highest BCUT2D eigenvalue weighted by atomic mass is 19.3. The van der Waals surface area contributed by atoms with E-state index in [1.165, 1.54) is 11.1 Å². The standard InChI is InChI=1S/C15H22F2N2/c1-11-3-5-12(6-4-11)13-7-14(10-19(2)9-13)18-8-15(16)17/h3-6,13-15,18H,7-10H2,1-2H3. The molecule has 1 heterocycles. The number of hydrogen-bond donors (Lipinski definition) is 1. The van der Waals surface area contributed by atoms with Crippen LogP contribution in [-0.4, -0.2) is 44.0 Å². The van der Waals surface area contributed by atoms with Gasteiger partial charge in [0.1, 0.15) is 0 Å². The molecule has 1 aliphatic rings. The van der Waals surface area contributed by atoms with Gasteiger partial charge in [0.15, 0.2) is 0 Å². The Kier molecular flexibility index (Phi) is 4.88. The van der Waals surface area contributed by atoms with Crippen LogP contribution in [0.1, 0.15) is 23.5 Å². The number of piperidine rings is 1. The van der Waals surface area contributed by atoms with E-state index in [1.54, 1.807) is 0 Å². The van der Waals surface area contributed by atoms with Crippen molar-refractivity contribution in [2.45, 2.75) is 31.7 Å². The van der Waals surface area contributed by atoms with Gasteiger partial charge < -0.3 is 10.2 Å². The van der Waals surface area contributed by atoms with Crippen molar-refractivity contribution < 1.29 is 8.78 Å². The van der Waals surface area contributed by atoms with Crippen molar-refractivity contribution in [1.29, 1.82) is 0 Å². The molecule has 1 aliphatic heterocycles. The first kappa shape index (κ1) is 14.4. The smallest absolute Gasteiger partial charge is 0.250 e. The van der Waals surface area contributed by atoms with Gasteiger partial charge in [-0.2, -0.15) is 0 Å². The number of hydrogen-bond acceptors (Lipinski definition) is 2. The molecule has 0 radical (unpaired) electrons. The first-order valence-corrected chi connectivity index (χ1v) is 6.81. The fourth-order valence-electron chi connectivity index (χ4n) is 2.80. The van der Waals surface area contributed by atoms with Crippen molar-refractivity contribution in [3.05, 3.63) is 35.4 Å². The van der Waals surface area contributed by atoms with Crippen molar-refractivity contribution in [1.82, 2.24) is 10.2 Å². The average Bonchev–Trinajstić information content (AvgIpc) is 2.36. The predicted octanol–water partition coefficient (Wildman–Crippen LogP) is 2.64. The molecule has 0 amide bonds. The molecular formula is C15H22F2N2. The maximum absolute atomic E-state index is 12.3. The van der Waals surface area contributed by atoms with Crippen molar-refractivity contribution >= 4 is 0 Å². The van der Waals surface area contributed by atoms with Crippen LogP contribution in [0.3, 0.4) is 0 Å². The van der Waals surface area contributed by atoms with Crippen molar-refractivity contribution in [2.75, 3.05) is 26.7 Å². The third-order valence-corrected chi connectivity index (χ3v) is 3.74. The second-order valence-electron chi connectivity index (χ2n) is 5.56. The van der Waals surface area contributed by atoms with Crippen LogP contribution >= 0.6 is 0 Å². The Labute approximate surface area is 113 Å². The van der Waals surface area contributed by atoms with Crippen LogP contribution in [0.15, 0.2) is 24.3 Å². The Bertz CT molecular complexity index is 392. The summed E-state index contributed by atoms with van der Waals surface area (Å²) in [5, 5.41) is 2.97. The molecule has 1 N–H and O–H groups in total. The lowest BCUT2D eigenvalue weighted by atomic mass is 9.88. The van der Waals surface area contributed by atoms with Crippen molar-refractivity contribution in [3.63, 3.8) is 0 Å². The Hall–Kier alpha value is -1.00. The fraction of sp³-hybridized carbons (Fsp3) is 0.600. The first-order chi connectivity index (χ1) is 9.04. The van der Waals surface area contributed by atoms with Gasteiger partial charge in [0.2, 0.25) is 0 Å². The Balaban J connectivity index is 1.99. The molecule has 0 spiro atoms. The first-order valence-electron chi connectivity index (χ1n) is 6.81. The number of rotatable bonds is 4. The fourth-order valence-corrected chi connectivity index (χ4v) is 2.80. The maximum atomic E-state index is 12.3. The molecule has 1 aromatic carbocycles. The molecular weight excluding hydrogens is 246 g/mol. The van der Waals surface area contributed by atoms with Crippen LogP contribution in [-0.2, 0) is 0 Å². The van der Waals surface area contributed by atoms with E-state index in [-0.39, 0.29) is 12.6 Å². The quantitative estimate of drug-likeness (QED) is 0.903. The van der Waals surface area contributed by atoms with Gasteiger partial charge in [-0.25, -0.2) is 8.78 Å². The topological polar surface area (TPSA) is 15.3 Å². The van der Waals surface area contributed by atoms with Gasteiger partial charge in [-0.3, -0.25) is 0 Å². The van der Waals surface area contributed by atoms with Crippen molar-refractivity contribution in [3.8, 4) is 0 Å². The van der Waals surface area contributed by atoms with E-state index in [4.69, 9.17) is 0 Å². The summed E-state index contributed by atoms with van der Waals surface area (Å²) in [7, 11) is 2.05. The second-order valence-corrected chi connectivity index (χ2v) is 5.56. The molecule has 1 saturated heterocycles. The molecule has 2 nitrogen and oxygen atoms in total. The zero-order valence-corrected chi connectivity index (χ0v) is 11.6. The summed E-state index contributed by atoms with van der Waals surface area (Å²) in [6.45, 7) is 3.70. The lowest BCUT2D eigenvalue weighted by Crippen LogP contribution is -2.48. The minimum atomic E-state index is -2.27. The summed E-state index contributed by atoms with van der Waals surface area (Å²) in [6, 6.07) is 8.70. The van der Waals surface area contributed by atoms with Gasteiger partial charge in [-0.05, 0) is 31.9 Å². The number of nitrogens with zero attached hydrogens (tertiary/aromatic N) is 1. The Morgan fingerprint density at radius 3 is 2.58 bits per heavy atom. The van der Waals surface area contributed by atoms with E-state index in [9.17, 15) is 8.78 Å². The summed E-state index contributed by atoms with van der Waals surface area (Å²) in [6.07, 6.45) is -1.34. The van der Waals surface area contributed by atoms with Crippen LogP contribution in [0, 0.1) is 6.92 Å². The van der Waals surface area contributed by atoms with E-state index in [1.807, 2.05) is 0 Å². The van der Waals surface area contributed by atoms with E-state index >= 15 is 0 Å². The molecule has 2 unspecified atom stereocenters. The van der Waals surface area contributed by atoms with Crippen molar-refractivity contribution in [2.24, 2.45) is 0 Å². The zero-order chi connectivity index (χ0) is 13.8. The number of alkyl halides is 2. The second kappa shape index (κ2) is 6.44. The van der Waals surface area contributed by atoms with Crippen LogP contribution < -0.4 is 5.32 Å². The number of aryl methyl sites for hydroxylation is 1. The molecule has 19 heavy (non-hydrogen) atoms. The normalized spacial score (nSPS) is 24.9. The molecule has 0 saturated carbocycles. The highest BCUT2D eigenvalue weighted by molar-refractivity contribution is 5.25. The maximum Gasteiger partial charge on any atom is 0.250 e. The third kappa shape index (κ3) is 4.25. The monoisotopic (exact) mass is 268 g/mol. The number of likely N-dealkylation sites (N-methyl/N-ethyl adjacent to an activating group) is 1.